The van der Waals surface area contributed by atoms with Gasteiger partial charge in [-0.25, -0.2) is 4.68 Å². The molecular weight excluding hydrogens is 360 g/mol. The van der Waals surface area contributed by atoms with E-state index < -0.39 is 0 Å². The summed E-state index contributed by atoms with van der Waals surface area (Å²) in [7, 11) is 1.63. The smallest absolute Gasteiger partial charge is 0.277 e. The van der Waals surface area contributed by atoms with Gasteiger partial charge in [-0.2, -0.15) is 5.10 Å². The Kier molecular flexibility index (Phi) is 4.93. The number of carbonyl (C=O) groups is 1. The summed E-state index contributed by atoms with van der Waals surface area (Å²) in [6, 6.07) is 19.2. The molecule has 0 saturated carbocycles. The number of hydrogen-bond donors (Lipinski definition) is 1. The molecule has 0 radical (unpaired) electrons. The van der Waals surface area contributed by atoms with Gasteiger partial charge in [-0.3, -0.25) is 15.1 Å². The Labute approximate surface area is 161 Å². The largest absolute Gasteiger partial charge is 0.497 e. The fourth-order valence-electron chi connectivity index (χ4n) is 2.80. The first kappa shape index (κ1) is 17.4. The van der Waals surface area contributed by atoms with Crippen molar-refractivity contribution < 1.29 is 9.53 Å². The van der Waals surface area contributed by atoms with Crippen molar-refractivity contribution in [1.29, 1.82) is 0 Å². The number of nitrogens with zero attached hydrogens (tertiary/aromatic N) is 3. The number of rotatable bonds is 4. The second-order valence-corrected chi connectivity index (χ2v) is 6.96. The van der Waals surface area contributed by atoms with Crippen molar-refractivity contribution in [3.8, 4) is 22.7 Å². The highest BCUT2D eigenvalue weighted by atomic mass is 32.2. The van der Waals surface area contributed by atoms with E-state index in [9.17, 15) is 4.79 Å². The molecule has 2 aromatic carbocycles. The normalized spacial score (nSPS) is 13.3. The summed E-state index contributed by atoms with van der Waals surface area (Å²) in [5.41, 5.74) is 3.00. The van der Waals surface area contributed by atoms with Crippen LogP contribution in [0.1, 0.15) is 10.5 Å². The van der Waals surface area contributed by atoms with Crippen molar-refractivity contribution in [1.82, 2.24) is 15.1 Å². The number of methoxy groups -OCH3 is 1. The summed E-state index contributed by atoms with van der Waals surface area (Å²) in [4.78, 5) is 16.9. The van der Waals surface area contributed by atoms with Crippen molar-refractivity contribution in [3.63, 3.8) is 0 Å². The maximum absolute atomic E-state index is 12.6. The van der Waals surface area contributed by atoms with Crippen molar-refractivity contribution in [3.05, 3.63) is 66.4 Å². The molecular formula is C20H18N4O2S. The molecule has 4 rings (SSSR count). The minimum absolute atomic E-state index is 0.257. The summed E-state index contributed by atoms with van der Waals surface area (Å²) in [6.45, 7) is 0.732. The van der Waals surface area contributed by atoms with Crippen molar-refractivity contribution in [2.75, 3.05) is 19.4 Å². The van der Waals surface area contributed by atoms with E-state index in [0.717, 1.165) is 35.0 Å². The first-order valence-electron chi connectivity index (χ1n) is 8.53. The van der Waals surface area contributed by atoms with Gasteiger partial charge in [-0.15, -0.1) is 0 Å². The van der Waals surface area contributed by atoms with Gasteiger partial charge in [0, 0.05) is 11.3 Å². The van der Waals surface area contributed by atoms with Crippen LogP contribution in [0.25, 0.3) is 16.9 Å². The van der Waals surface area contributed by atoms with E-state index in [1.54, 1.807) is 29.6 Å². The highest BCUT2D eigenvalue weighted by Gasteiger charge is 2.19. The molecule has 2 heterocycles. The Morgan fingerprint density at radius 3 is 2.59 bits per heavy atom. The van der Waals surface area contributed by atoms with E-state index in [4.69, 9.17) is 4.74 Å². The zero-order valence-electron chi connectivity index (χ0n) is 14.8. The Bertz CT molecular complexity index is 981. The van der Waals surface area contributed by atoms with Crippen LogP contribution in [0.15, 0.2) is 65.7 Å². The topological polar surface area (TPSA) is 68.5 Å². The lowest BCUT2D eigenvalue weighted by Crippen LogP contribution is -2.27. The molecule has 3 aromatic rings. The molecule has 27 heavy (non-hydrogen) atoms. The molecule has 0 aliphatic carbocycles. The van der Waals surface area contributed by atoms with E-state index in [1.807, 2.05) is 54.6 Å². The molecule has 6 nitrogen and oxygen atoms in total. The zero-order valence-corrected chi connectivity index (χ0v) is 15.6. The van der Waals surface area contributed by atoms with E-state index in [1.165, 1.54) is 0 Å². The third-order valence-electron chi connectivity index (χ3n) is 4.13. The fraction of sp³-hybridized carbons (Fsp3) is 0.150. The molecule has 7 heteroatoms. The van der Waals surface area contributed by atoms with E-state index in [2.05, 4.69) is 15.4 Å². The molecule has 0 atom stereocenters. The number of thioether (sulfide) groups is 1. The van der Waals surface area contributed by atoms with Crippen LogP contribution in [-0.2, 0) is 0 Å². The first-order valence-corrected chi connectivity index (χ1v) is 9.51. The van der Waals surface area contributed by atoms with Crippen LogP contribution < -0.4 is 10.1 Å². The van der Waals surface area contributed by atoms with E-state index >= 15 is 0 Å². The van der Waals surface area contributed by atoms with Crippen LogP contribution in [0.4, 0.5) is 0 Å². The van der Waals surface area contributed by atoms with Gasteiger partial charge < -0.3 is 4.74 Å². The molecule has 136 valence electrons. The predicted molar refractivity (Wildman–Crippen MR) is 108 cm³/mol. The highest BCUT2D eigenvalue weighted by Crippen LogP contribution is 2.26. The van der Waals surface area contributed by atoms with E-state index in [0.29, 0.717) is 10.9 Å². The molecule has 0 bridgehead atoms. The predicted octanol–water partition coefficient (Wildman–Crippen LogP) is 3.38. The molecule has 0 fully saturated rings. The summed E-state index contributed by atoms with van der Waals surface area (Å²) in [5.74, 6) is 1.41. The van der Waals surface area contributed by atoms with Gasteiger partial charge in [0.05, 0.1) is 25.0 Å². The molecule has 1 aliphatic rings. The minimum atomic E-state index is -0.257. The van der Waals surface area contributed by atoms with Gasteiger partial charge in [0.1, 0.15) is 5.75 Å². The SMILES string of the molecule is COc1ccc(-c2cc(C(=O)NC3=NCCS3)nn2-c2ccccc2)cc1. The van der Waals surface area contributed by atoms with Gasteiger partial charge in [-0.05, 0) is 42.5 Å². The van der Waals surface area contributed by atoms with Crippen molar-refractivity contribution >= 4 is 22.8 Å². The first-order chi connectivity index (χ1) is 13.2. The van der Waals surface area contributed by atoms with Crippen molar-refractivity contribution in [2.24, 2.45) is 4.99 Å². The Balaban J connectivity index is 1.73. The number of para-hydroxylation sites is 1. The highest BCUT2D eigenvalue weighted by molar-refractivity contribution is 8.14. The zero-order chi connectivity index (χ0) is 18.6. The van der Waals surface area contributed by atoms with Gasteiger partial charge >= 0.3 is 0 Å². The van der Waals surface area contributed by atoms with Gasteiger partial charge in [-0.1, -0.05) is 30.0 Å². The van der Waals surface area contributed by atoms with Gasteiger partial charge in [0.25, 0.3) is 5.91 Å². The number of benzene rings is 2. The van der Waals surface area contributed by atoms with Gasteiger partial charge in [0.2, 0.25) is 0 Å². The van der Waals surface area contributed by atoms with Crippen LogP contribution >= 0.6 is 11.8 Å². The minimum Gasteiger partial charge on any atom is -0.497 e. The van der Waals surface area contributed by atoms with Gasteiger partial charge in [0.15, 0.2) is 10.9 Å². The number of amidine groups is 1. The molecule has 1 aliphatic heterocycles. The number of nitrogens with one attached hydrogen (secondary N) is 1. The average Bonchev–Trinajstić information content (AvgIpc) is 3.39. The third kappa shape index (κ3) is 3.73. The Morgan fingerprint density at radius 1 is 1.15 bits per heavy atom. The second-order valence-electron chi connectivity index (χ2n) is 5.88. The van der Waals surface area contributed by atoms with Crippen LogP contribution in [0.5, 0.6) is 5.75 Å². The fourth-order valence-corrected chi connectivity index (χ4v) is 3.52. The van der Waals surface area contributed by atoms with Crippen LogP contribution in [-0.4, -0.2) is 40.3 Å². The third-order valence-corrected chi connectivity index (χ3v) is 5.03. The molecule has 0 saturated heterocycles. The van der Waals surface area contributed by atoms with Crippen LogP contribution in [0.3, 0.4) is 0 Å². The number of aromatic nitrogens is 2. The average molecular weight is 378 g/mol. The summed E-state index contributed by atoms with van der Waals surface area (Å²) >= 11 is 1.54. The number of amides is 1. The molecule has 1 aromatic heterocycles. The summed E-state index contributed by atoms with van der Waals surface area (Å²) in [6.07, 6.45) is 0. The molecule has 0 spiro atoms. The summed E-state index contributed by atoms with van der Waals surface area (Å²) < 4.78 is 7.01. The number of aliphatic imine (C=N–C) groups is 1. The Morgan fingerprint density at radius 2 is 1.93 bits per heavy atom. The lowest BCUT2D eigenvalue weighted by molar-refractivity contribution is 0.0972. The van der Waals surface area contributed by atoms with Crippen LogP contribution in [0, 0.1) is 0 Å². The molecule has 1 N–H and O–H groups in total. The van der Waals surface area contributed by atoms with Crippen molar-refractivity contribution in [2.45, 2.75) is 0 Å². The standard InChI is InChI=1S/C20H18N4O2S/c1-26-16-9-7-14(8-10-16)18-13-17(19(25)22-20-21-11-12-27-20)23-24(18)15-5-3-2-4-6-15/h2-10,13H,11-12H2,1H3,(H,21,22,25). The van der Waals surface area contributed by atoms with E-state index in [-0.39, 0.29) is 5.91 Å². The number of hydrogen-bond acceptors (Lipinski definition) is 5. The maximum Gasteiger partial charge on any atom is 0.277 e. The maximum atomic E-state index is 12.6. The Hall–Kier alpha value is -3.06. The quantitative estimate of drug-likeness (QED) is 0.756. The molecule has 1 amide bonds. The lowest BCUT2D eigenvalue weighted by Gasteiger charge is -2.08. The number of carbonyl (C=O) groups excluding carboxylic acids is 1. The van der Waals surface area contributed by atoms with Crippen LogP contribution in [0.2, 0.25) is 0 Å². The molecule has 0 unspecified atom stereocenters. The summed E-state index contributed by atoms with van der Waals surface area (Å²) in [5, 5.41) is 8.04. The lowest BCUT2D eigenvalue weighted by atomic mass is 10.1. The second kappa shape index (κ2) is 7.67. The number of ether oxygens (including phenoxy) is 1. The monoisotopic (exact) mass is 378 g/mol.